The van der Waals surface area contributed by atoms with Crippen LogP contribution in [-0.2, 0) is 4.79 Å². The first-order valence-electron chi connectivity index (χ1n) is 8.89. The van der Waals surface area contributed by atoms with E-state index < -0.39 is 0 Å². The van der Waals surface area contributed by atoms with Crippen LogP contribution in [0.1, 0.15) is 19.8 Å². The molecule has 6 nitrogen and oxygen atoms in total. The van der Waals surface area contributed by atoms with Crippen molar-refractivity contribution in [1.29, 1.82) is 0 Å². The molecular weight excluding hydrogens is 302 g/mol. The Morgan fingerprint density at radius 1 is 1.17 bits per heavy atom. The molecule has 0 aromatic heterocycles. The van der Waals surface area contributed by atoms with Crippen LogP contribution < -0.4 is 15.5 Å². The number of rotatable bonds is 5. The number of benzene rings is 1. The first kappa shape index (κ1) is 16.6. The number of para-hydroxylation sites is 1. The zero-order chi connectivity index (χ0) is 16.8. The van der Waals surface area contributed by atoms with Crippen LogP contribution in [0.4, 0.5) is 5.69 Å². The summed E-state index contributed by atoms with van der Waals surface area (Å²) in [6.45, 7) is 6.81. The zero-order valence-corrected chi connectivity index (χ0v) is 14.4. The van der Waals surface area contributed by atoms with Gasteiger partial charge < -0.3 is 20.4 Å². The van der Waals surface area contributed by atoms with Gasteiger partial charge in [0.1, 0.15) is 6.54 Å². The van der Waals surface area contributed by atoms with E-state index in [0.717, 1.165) is 51.5 Å². The number of aliphatic imine (C=N–C) groups is 1. The van der Waals surface area contributed by atoms with Crippen molar-refractivity contribution in [1.82, 2.24) is 15.5 Å². The van der Waals surface area contributed by atoms with Gasteiger partial charge in [-0.05, 0) is 31.9 Å². The molecule has 1 saturated carbocycles. The van der Waals surface area contributed by atoms with Gasteiger partial charge in [-0.2, -0.15) is 0 Å². The molecule has 0 radical (unpaired) electrons. The van der Waals surface area contributed by atoms with Crippen LogP contribution in [0.25, 0.3) is 0 Å². The third kappa shape index (κ3) is 4.63. The van der Waals surface area contributed by atoms with Crippen LogP contribution >= 0.6 is 0 Å². The number of carbonyl (C=O) groups is 1. The first-order valence-corrected chi connectivity index (χ1v) is 8.89. The fourth-order valence-corrected chi connectivity index (χ4v) is 2.89. The second kappa shape index (κ2) is 8.04. The lowest BCUT2D eigenvalue weighted by Gasteiger charge is -2.37. The van der Waals surface area contributed by atoms with Crippen molar-refractivity contribution in [3.63, 3.8) is 0 Å². The largest absolute Gasteiger partial charge is 0.368 e. The number of amides is 1. The number of anilines is 1. The van der Waals surface area contributed by atoms with E-state index in [1.807, 2.05) is 6.07 Å². The maximum Gasteiger partial charge on any atom is 0.242 e. The standard InChI is InChI=1S/C18H27N5O/c1-2-19-18(20-14-17(24)21-15-8-9-15)23-12-10-22(11-13-23)16-6-4-3-5-7-16/h3-7,15H,2,8-14H2,1H3,(H,19,20)(H,21,24). The van der Waals surface area contributed by atoms with E-state index in [0.29, 0.717) is 6.04 Å². The van der Waals surface area contributed by atoms with Crippen LogP contribution in [0.15, 0.2) is 35.3 Å². The number of guanidine groups is 1. The molecular formula is C18H27N5O. The van der Waals surface area contributed by atoms with Crippen molar-refractivity contribution in [2.45, 2.75) is 25.8 Å². The predicted octanol–water partition coefficient (Wildman–Crippen LogP) is 1.05. The van der Waals surface area contributed by atoms with Crippen molar-refractivity contribution < 1.29 is 4.79 Å². The highest BCUT2D eigenvalue weighted by molar-refractivity contribution is 5.85. The molecule has 6 heteroatoms. The van der Waals surface area contributed by atoms with Crippen LogP contribution in [0.3, 0.4) is 0 Å². The molecule has 1 aromatic rings. The minimum Gasteiger partial charge on any atom is -0.368 e. The SMILES string of the molecule is CCNC(=NCC(=O)NC1CC1)N1CCN(c2ccccc2)CC1. The monoisotopic (exact) mass is 329 g/mol. The summed E-state index contributed by atoms with van der Waals surface area (Å²) >= 11 is 0. The second-order valence-electron chi connectivity index (χ2n) is 6.32. The highest BCUT2D eigenvalue weighted by Gasteiger charge is 2.23. The van der Waals surface area contributed by atoms with Crippen molar-refractivity contribution in [2.24, 2.45) is 4.99 Å². The molecule has 1 heterocycles. The Kier molecular flexibility index (Phi) is 5.56. The first-order chi connectivity index (χ1) is 11.8. The highest BCUT2D eigenvalue weighted by Crippen LogP contribution is 2.18. The molecule has 1 amide bonds. The van der Waals surface area contributed by atoms with Gasteiger partial charge in [0.2, 0.25) is 5.91 Å². The third-order valence-electron chi connectivity index (χ3n) is 4.35. The lowest BCUT2D eigenvalue weighted by atomic mass is 10.2. The molecule has 2 aliphatic rings. The lowest BCUT2D eigenvalue weighted by molar-refractivity contribution is -0.119. The molecule has 0 bridgehead atoms. The normalized spacial score (nSPS) is 18.5. The molecule has 1 aromatic carbocycles. The smallest absolute Gasteiger partial charge is 0.242 e. The minimum absolute atomic E-state index is 0.0239. The number of carbonyl (C=O) groups excluding carboxylic acids is 1. The van der Waals surface area contributed by atoms with Gasteiger partial charge in [0, 0.05) is 44.5 Å². The van der Waals surface area contributed by atoms with Crippen LogP contribution in [0.2, 0.25) is 0 Å². The van der Waals surface area contributed by atoms with E-state index in [1.165, 1.54) is 5.69 Å². The topological polar surface area (TPSA) is 60.0 Å². The Labute approximate surface area is 143 Å². The summed E-state index contributed by atoms with van der Waals surface area (Å²) in [6, 6.07) is 10.9. The van der Waals surface area contributed by atoms with Gasteiger partial charge >= 0.3 is 0 Å². The van der Waals surface area contributed by atoms with Gasteiger partial charge in [-0.1, -0.05) is 18.2 Å². The maximum atomic E-state index is 11.8. The van der Waals surface area contributed by atoms with Gasteiger partial charge in [0.15, 0.2) is 5.96 Å². The summed E-state index contributed by atoms with van der Waals surface area (Å²) in [5.41, 5.74) is 1.27. The molecule has 0 spiro atoms. The lowest BCUT2D eigenvalue weighted by Crippen LogP contribution is -2.52. The molecule has 2 fully saturated rings. The van der Waals surface area contributed by atoms with Gasteiger partial charge in [-0.15, -0.1) is 0 Å². The summed E-state index contributed by atoms with van der Waals surface area (Å²) in [4.78, 5) is 21.0. The van der Waals surface area contributed by atoms with Crippen molar-refractivity contribution in [3.05, 3.63) is 30.3 Å². The van der Waals surface area contributed by atoms with E-state index in [1.54, 1.807) is 0 Å². The fourth-order valence-electron chi connectivity index (χ4n) is 2.89. The molecule has 2 N–H and O–H groups in total. The quantitative estimate of drug-likeness (QED) is 0.626. The van der Waals surface area contributed by atoms with Gasteiger partial charge in [-0.25, -0.2) is 4.99 Å². The Morgan fingerprint density at radius 3 is 2.50 bits per heavy atom. The molecule has 3 rings (SSSR count). The summed E-state index contributed by atoms with van der Waals surface area (Å²) in [6.07, 6.45) is 2.22. The number of nitrogens with one attached hydrogen (secondary N) is 2. The molecule has 0 atom stereocenters. The highest BCUT2D eigenvalue weighted by atomic mass is 16.2. The van der Waals surface area contributed by atoms with Crippen LogP contribution in [-0.4, -0.2) is 62.1 Å². The fraction of sp³-hybridized carbons (Fsp3) is 0.556. The third-order valence-corrected chi connectivity index (χ3v) is 4.35. The van der Waals surface area contributed by atoms with E-state index in [2.05, 4.69) is 56.6 Å². The zero-order valence-electron chi connectivity index (χ0n) is 14.4. The van der Waals surface area contributed by atoms with E-state index >= 15 is 0 Å². The van der Waals surface area contributed by atoms with Crippen molar-refractivity contribution in [2.75, 3.05) is 44.2 Å². The Morgan fingerprint density at radius 2 is 1.88 bits per heavy atom. The van der Waals surface area contributed by atoms with E-state index in [-0.39, 0.29) is 12.5 Å². The Bertz CT molecular complexity index is 562. The Hall–Kier alpha value is -2.24. The summed E-state index contributed by atoms with van der Waals surface area (Å²) in [5, 5.41) is 6.29. The van der Waals surface area contributed by atoms with Gasteiger partial charge in [0.05, 0.1) is 0 Å². The minimum atomic E-state index is 0.0239. The Balaban J connectivity index is 1.53. The summed E-state index contributed by atoms with van der Waals surface area (Å²) in [7, 11) is 0. The van der Waals surface area contributed by atoms with Gasteiger partial charge in [-0.3, -0.25) is 4.79 Å². The number of hydrogen-bond donors (Lipinski definition) is 2. The number of piperazine rings is 1. The summed E-state index contributed by atoms with van der Waals surface area (Å²) in [5.74, 6) is 0.868. The van der Waals surface area contributed by atoms with Crippen LogP contribution in [0.5, 0.6) is 0 Å². The predicted molar refractivity (Wildman–Crippen MR) is 97.4 cm³/mol. The maximum absolute atomic E-state index is 11.8. The number of nitrogens with zero attached hydrogens (tertiary/aromatic N) is 3. The molecule has 1 aliphatic carbocycles. The van der Waals surface area contributed by atoms with Gasteiger partial charge in [0.25, 0.3) is 0 Å². The van der Waals surface area contributed by atoms with Crippen molar-refractivity contribution in [3.8, 4) is 0 Å². The average Bonchev–Trinajstić information content (AvgIpc) is 3.43. The van der Waals surface area contributed by atoms with E-state index in [9.17, 15) is 4.79 Å². The second-order valence-corrected chi connectivity index (χ2v) is 6.32. The molecule has 0 unspecified atom stereocenters. The molecule has 130 valence electrons. The summed E-state index contributed by atoms with van der Waals surface area (Å²) < 4.78 is 0. The molecule has 24 heavy (non-hydrogen) atoms. The number of hydrogen-bond acceptors (Lipinski definition) is 3. The molecule has 1 saturated heterocycles. The van der Waals surface area contributed by atoms with E-state index in [4.69, 9.17) is 0 Å². The van der Waals surface area contributed by atoms with Crippen LogP contribution in [0, 0.1) is 0 Å². The average molecular weight is 329 g/mol. The molecule has 1 aliphatic heterocycles. The van der Waals surface area contributed by atoms with Crippen molar-refractivity contribution >= 4 is 17.6 Å².